The fraction of sp³-hybridized carbons (Fsp3) is 0.200. The van der Waals surface area contributed by atoms with E-state index in [1.807, 2.05) is 25.1 Å². The maximum absolute atomic E-state index is 11.3. The molecule has 0 saturated heterocycles. The third kappa shape index (κ3) is 2.62. The van der Waals surface area contributed by atoms with Gasteiger partial charge in [0.1, 0.15) is 21.9 Å². The third-order valence-electron chi connectivity index (χ3n) is 3.30. The average molecular weight is 314 g/mol. The van der Waals surface area contributed by atoms with Crippen LogP contribution in [0.25, 0.3) is 10.2 Å². The van der Waals surface area contributed by atoms with Crippen LogP contribution in [0.5, 0.6) is 0 Å². The average Bonchev–Trinajstić information content (AvgIpc) is 2.83. The number of hydrogen-bond acceptors (Lipinski definition) is 6. The lowest BCUT2D eigenvalue weighted by atomic mass is 10.2. The van der Waals surface area contributed by atoms with Crippen molar-refractivity contribution in [1.82, 2.24) is 15.0 Å². The molecule has 0 saturated carbocycles. The van der Waals surface area contributed by atoms with Gasteiger partial charge in [0, 0.05) is 5.69 Å². The van der Waals surface area contributed by atoms with Gasteiger partial charge >= 0.3 is 5.97 Å². The predicted octanol–water partition coefficient (Wildman–Crippen LogP) is 3.01. The summed E-state index contributed by atoms with van der Waals surface area (Å²) in [7, 11) is 0. The second-order valence-corrected chi connectivity index (χ2v) is 5.89. The van der Waals surface area contributed by atoms with E-state index in [-0.39, 0.29) is 0 Å². The molecule has 0 fully saturated rings. The Morgan fingerprint density at radius 2 is 2.14 bits per heavy atom. The Morgan fingerprint density at radius 1 is 1.32 bits per heavy atom. The molecule has 6 nitrogen and oxygen atoms in total. The molecule has 0 radical (unpaired) electrons. The first-order chi connectivity index (χ1) is 10.6. The topological polar surface area (TPSA) is 88.0 Å². The fourth-order valence-electron chi connectivity index (χ4n) is 2.28. The number of fused-ring (bicyclic) bond motifs is 1. The zero-order chi connectivity index (χ0) is 15.7. The monoisotopic (exact) mass is 314 g/mol. The van der Waals surface area contributed by atoms with Crippen LogP contribution in [0.4, 0.5) is 5.82 Å². The lowest BCUT2D eigenvalue weighted by Crippen LogP contribution is -2.04. The SMILES string of the molecule is Cc1cccc(CNc2ncnc3sc(C(=O)O)c(C)c23)n1. The standard InChI is InChI=1S/C15H14N4O2S/c1-8-4-3-5-10(19-8)6-16-13-11-9(2)12(15(20)21)22-14(11)18-7-17-13/h3-5,7H,6H2,1-2H3,(H,20,21)(H,16,17,18). The third-order valence-corrected chi connectivity index (χ3v) is 4.49. The molecule has 3 aromatic heterocycles. The van der Waals surface area contributed by atoms with Gasteiger partial charge in [-0.15, -0.1) is 11.3 Å². The van der Waals surface area contributed by atoms with Crippen LogP contribution in [0.15, 0.2) is 24.5 Å². The maximum Gasteiger partial charge on any atom is 0.346 e. The van der Waals surface area contributed by atoms with Gasteiger partial charge in [0.25, 0.3) is 0 Å². The molecule has 112 valence electrons. The Kier molecular flexibility index (Phi) is 3.72. The summed E-state index contributed by atoms with van der Waals surface area (Å²) < 4.78 is 0. The number of carbonyl (C=O) groups is 1. The van der Waals surface area contributed by atoms with Crippen molar-refractivity contribution in [2.75, 3.05) is 5.32 Å². The summed E-state index contributed by atoms with van der Waals surface area (Å²) in [6.07, 6.45) is 1.44. The van der Waals surface area contributed by atoms with Crippen LogP contribution in [0.3, 0.4) is 0 Å². The molecule has 0 aliphatic heterocycles. The van der Waals surface area contributed by atoms with Crippen LogP contribution in [0, 0.1) is 13.8 Å². The first-order valence-corrected chi connectivity index (χ1v) is 7.51. The van der Waals surface area contributed by atoms with E-state index in [1.165, 1.54) is 6.33 Å². The van der Waals surface area contributed by atoms with Crippen molar-refractivity contribution in [2.24, 2.45) is 0 Å². The van der Waals surface area contributed by atoms with Crippen LogP contribution in [-0.2, 0) is 6.54 Å². The van der Waals surface area contributed by atoms with Gasteiger partial charge in [-0.2, -0.15) is 0 Å². The molecule has 0 bridgehead atoms. The molecule has 3 rings (SSSR count). The van der Waals surface area contributed by atoms with Gasteiger partial charge in [-0.3, -0.25) is 4.98 Å². The maximum atomic E-state index is 11.3. The van der Waals surface area contributed by atoms with E-state index in [4.69, 9.17) is 0 Å². The minimum Gasteiger partial charge on any atom is -0.477 e. The number of nitrogens with zero attached hydrogens (tertiary/aromatic N) is 3. The lowest BCUT2D eigenvalue weighted by Gasteiger charge is -2.07. The molecule has 3 aromatic rings. The van der Waals surface area contributed by atoms with E-state index < -0.39 is 5.97 Å². The second-order valence-electron chi connectivity index (χ2n) is 4.89. The Balaban J connectivity index is 1.95. The van der Waals surface area contributed by atoms with Crippen LogP contribution < -0.4 is 5.32 Å². The van der Waals surface area contributed by atoms with Crippen LogP contribution in [0.1, 0.15) is 26.6 Å². The molecule has 0 spiro atoms. The Hall–Kier alpha value is -2.54. The van der Waals surface area contributed by atoms with Crippen LogP contribution in [0.2, 0.25) is 0 Å². The molecule has 7 heteroatoms. The number of thiophene rings is 1. The summed E-state index contributed by atoms with van der Waals surface area (Å²) in [6.45, 7) is 4.24. The van der Waals surface area contributed by atoms with Crippen LogP contribution >= 0.6 is 11.3 Å². The molecule has 0 aliphatic rings. The molecule has 0 amide bonds. The minimum atomic E-state index is -0.938. The highest BCUT2D eigenvalue weighted by Crippen LogP contribution is 2.33. The normalized spacial score (nSPS) is 10.8. The largest absolute Gasteiger partial charge is 0.477 e. The summed E-state index contributed by atoms with van der Waals surface area (Å²) in [4.78, 5) is 25.1. The summed E-state index contributed by atoms with van der Waals surface area (Å²) in [5.41, 5.74) is 2.54. The van der Waals surface area contributed by atoms with E-state index in [0.717, 1.165) is 28.1 Å². The van der Waals surface area contributed by atoms with E-state index in [1.54, 1.807) is 6.92 Å². The molecule has 22 heavy (non-hydrogen) atoms. The highest BCUT2D eigenvalue weighted by Gasteiger charge is 2.18. The molecule has 0 unspecified atom stereocenters. The van der Waals surface area contributed by atoms with Crippen molar-refractivity contribution < 1.29 is 9.90 Å². The minimum absolute atomic E-state index is 0.298. The van der Waals surface area contributed by atoms with Crippen LogP contribution in [-0.4, -0.2) is 26.0 Å². The van der Waals surface area contributed by atoms with Crippen molar-refractivity contribution in [2.45, 2.75) is 20.4 Å². The number of carboxylic acids is 1. The molecule has 0 aliphatic carbocycles. The number of pyridine rings is 1. The van der Waals surface area contributed by atoms with E-state index in [0.29, 0.717) is 27.6 Å². The molecule has 2 N–H and O–H groups in total. The summed E-state index contributed by atoms with van der Waals surface area (Å²) in [6, 6.07) is 5.82. The number of carboxylic acid groups (broad SMARTS) is 1. The number of anilines is 1. The zero-order valence-electron chi connectivity index (χ0n) is 12.1. The smallest absolute Gasteiger partial charge is 0.346 e. The van der Waals surface area contributed by atoms with Crippen molar-refractivity contribution in [3.63, 3.8) is 0 Å². The van der Waals surface area contributed by atoms with Crippen molar-refractivity contribution >= 4 is 33.3 Å². The first-order valence-electron chi connectivity index (χ1n) is 6.70. The zero-order valence-corrected chi connectivity index (χ0v) is 12.9. The van der Waals surface area contributed by atoms with Gasteiger partial charge in [-0.05, 0) is 31.5 Å². The Labute approximate surface area is 130 Å². The molecule has 3 heterocycles. The van der Waals surface area contributed by atoms with Gasteiger partial charge in [-0.1, -0.05) is 6.07 Å². The van der Waals surface area contributed by atoms with Gasteiger partial charge in [0.05, 0.1) is 17.6 Å². The number of aryl methyl sites for hydroxylation is 2. The quantitative estimate of drug-likeness (QED) is 0.769. The molecule has 0 aromatic carbocycles. The number of hydrogen-bond donors (Lipinski definition) is 2. The lowest BCUT2D eigenvalue weighted by molar-refractivity contribution is 0.0701. The van der Waals surface area contributed by atoms with Crippen molar-refractivity contribution in [3.05, 3.63) is 46.4 Å². The number of rotatable bonds is 4. The van der Waals surface area contributed by atoms with Gasteiger partial charge < -0.3 is 10.4 Å². The van der Waals surface area contributed by atoms with E-state index in [2.05, 4.69) is 20.3 Å². The molecular weight excluding hydrogens is 300 g/mol. The van der Waals surface area contributed by atoms with Crippen molar-refractivity contribution in [1.29, 1.82) is 0 Å². The van der Waals surface area contributed by atoms with E-state index in [9.17, 15) is 9.90 Å². The molecule has 0 atom stereocenters. The Bertz CT molecular complexity index is 860. The predicted molar refractivity (Wildman–Crippen MR) is 85.4 cm³/mol. The summed E-state index contributed by atoms with van der Waals surface area (Å²) in [5.74, 6) is -0.304. The van der Waals surface area contributed by atoms with Gasteiger partial charge in [0.15, 0.2) is 0 Å². The fourth-order valence-corrected chi connectivity index (χ4v) is 3.27. The van der Waals surface area contributed by atoms with Crippen molar-refractivity contribution in [3.8, 4) is 0 Å². The highest BCUT2D eigenvalue weighted by molar-refractivity contribution is 7.20. The second kappa shape index (κ2) is 5.69. The number of aromatic carboxylic acids is 1. The van der Waals surface area contributed by atoms with Gasteiger partial charge in [0.2, 0.25) is 0 Å². The van der Waals surface area contributed by atoms with E-state index >= 15 is 0 Å². The number of nitrogens with one attached hydrogen (secondary N) is 1. The Morgan fingerprint density at radius 3 is 2.86 bits per heavy atom. The highest BCUT2D eigenvalue weighted by atomic mass is 32.1. The summed E-state index contributed by atoms with van der Waals surface area (Å²) in [5, 5.41) is 13.2. The summed E-state index contributed by atoms with van der Waals surface area (Å²) >= 11 is 1.16. The molecular formula is C15H14N4O2S. The number of aromatic nitrogens is 3. The first kappa shape index (κ1) is 14.4. The van der Waals surface area contributed by atoms with Gasteiger partial charge in [-0.25, -0.2) is 14.8 Å².